The van der Waals surface area contributed by atoms with Gasteiger partial charge in [-0.1, -0.05) is 31.0 Å². The van der Waals surface area contributed by atoms with Gasteiger partial charge in [0.1, 0.15) is 11.9 Å². The van der Waals surface area contributed by atoms with Crippen LogP contribution in [0, 0.1) is 0 Å². The lowest BCUT2D eigenvalue weighted by atomic mass is 9.88. The summed E-state index contributed by atoms with van der Waals surface area (Å²) in [5, 5.41) is 0. The van der Waals surface area contributed by atoms with Crippen molar-refractivity contribution in [1.29, 1.82) is 0 Å². The third kappa shape index (κ3) is 2.92. The summed E-state index contributed by atoms with van der Waals surface area (Å²) in [4.78, 5) is 0. The Bertz CT molecular complexity index is 423. The zero-order valence-electron chi connectivity index (χ0n) is 11.4. The number of rotatable bonds is 3. The molecule has 1 aliphatic carbocycles. The molecule has 2 N–H and O–H groups in total. The third-order valence-corrected chi connectivity index (χ3v) is 5.43. The summed E-state index contributed by atoms with van der Waals surface area (Å²) in [6.07, 6.45) is 7.37. The van der Waals surface area contributed by atoms with Crippen LogP contribution in [0.4, 0.5) is 0 Å². The Hall–Kier alpha value is -0.670. The number of hydrogen-bond donors (Lipinski definition) is 1. The minimum Gasteiger partial charge on any atom is -0.490 e. The van der Waals surface area contributed by atoms with Gasteiger partial charge in [0.25, 0.3) is 0 Å². The molecule has 0 radical (unpaired) electrons. The highest BCUT2D eigenvalue weighted by molar-refractivity contribution is 7.99. The second kappa shape index (κ2) is 5.76. The molecule has 1 heterocycles. The second-order valence-electron chi connectivity index (χ2n) is 5.79. The van der Waals surface area contributed by atoms with Gasteiger partial charge >= 0.3 is 0 Å². The molecule has 19 heavy (non-hydrogen) atoms. The van der Waals surface area contributed by atoms with Crippen LogP contribution in [0.2, 0.25) is 0 Å². The van der Waals surface area contributed by atoms with Crippen molar-refractivity contribution in [2.75, 3.05) is 11.5 Å². The lowest BCUT2D eigenvalue weighted by Crippen LogP contribution is -2.34. The van der Waals surface area contributed by atoms with E-state index >= 15 is 0 Å². The molecule has 3 rings (SSSR count). The minimum atomic E-state index is -0.153. The van der Waals surface area contributed by atoms with E-state index < -0.39 is 0 Å². The first-order valence-corrected chi connectivity index (χ1v) is 8.56. The van der Waals surface area contributed by atoms with E-state index in [2.05, 4.69) is 24.3 Å². The summed E-state index contributed by atoms with van der Waals surface area (Å²) in [6.45, 7) is 0. The maximum absolute atomic E-state index is 6.60. The van der Waals surface area contributed by atoms with E-state index in [-0.39, 0.29) is 5.54 Å². The van der Waals surface area contributed by atoms with Crippen LogP contribution < -0.4 is 10.5 Å². The lowest BCUT2D eigenvalue weighted by molar-refractivity contribution is 0.187. The van der Waals surface area contributed by atoms with E-state index in [0.29, 0.717) is 6.10 Å². The number of hydrogen-bond acceptors (Lipinski definition) is 3. The molecule has 0 bridgehead atoms. The summed E-state index contributed by atoms with van der Waals surface area (Å²) in [6, 6.07) is 8.42. The predicted octanol–water partition coefficient (Wildman–Crippen LogP) is 3.69. The average molecular weight is 277 g/mol. The van der Waals surface area contributed by atoms with Gasteiger partial charge in [0.15, 0.2) is 0 Å². The number of para-hydroxylation sites is 1. The Morgan fingerprint density at radius 2 is 1.79 bits per heavy atom. The quantitative estimate of drug-likeness (QED) is 0.915. The van der Waals surface area contributed by atoms with E-state index in [4.69, 9.17) is 10.5 Å². The standard InChI is InChI=1S/C16H23NOS/c17-16(9-3-4-10-16)14-5-1-2-6-15(14)18-13-7-11-19-12-8-13/h1-2,5-6,13H,3-4,7-12,17H2. The Kier molecular flexibility index (Phi) is 4.04. The van der Waals surface area contributed by atoms with Gasteiger partial charge in [0.2, 0.25) is 0 Å². The van der Waals surface area contributed by atoms with Crippen molar-refractivity contribution in [2.45, 2.75) is 50.2 Å². The first-order valence-electron chi connectivity index (χ1n) is 7.41. The van der Waals surface area contributed by atoms with Crippen molar-refractivity contribution in [2.24, 2.45) is 5.73 Å². The van der Waals surface area contributed by atoms with E-state index in [1.54, 1.807) is 0 Å². The number of ether oxygens (including phenoxy) is 1. The van der Waals surface area contributed by atoms with Crippen LogP contribution in [0.5, 0.6) is 5.75 Å². The van der Waals surface area contributed by atoms with Crippen LogP contribution >= 0.6 is 11.8 Å². The average Bonchev–Trinajstić information content (AvgIpc) is 2.88. The maximum Gasteiger partial charge on any atom is 0.124 e. The summed E-state index contributed by atoms with van der Waals surface area (Å²) < 4.78 is 6.27. The summed E-state index contributed by atoms with van der Waals surface area (Å²) in [5.41, 5.74) is 7.68. The Morgan fingerprint density at radius 1 is 1.11 bits per heavy atom. The number of thioether (sulfide) groups is 1. The summed E-state index contributed by atoms with van der Waals surface area (Å²) in [5.74, 6) is 3.48. The molecule has 104 valence electrons. The second-order valence-corrected chi connectivity index (χ2v) is 7.01. The third-order valence-electron chi connectivity index (χ3n) is 4.38. The molecule has 0 unspecified atom stereocenters. The molecular formula is C16H23NOS. The molecule has 0 atom stereocenters. The lowest BCUT2D eigenvalue weighted by Gasteiger charge is -2.29. The molecule has 0 spiro atoms. The fourth-order valence-corrected chi connectivity index (χ4v) is 4.29. The van der Waals surface area contributed by atoms with Gasteiger partial charge in [-0.25, -0.2) is 0 Å². The van der Waals surface area contributed by atoms with Crippen LogP contribution in [-0.2, 0) is 5.54 Å². The van der Waals surface area contributed by atoms with Crippen LogP contribution in [0.3, 0.4) is 0 Å². The first kappa shape index (κ1) is 13.3. The number of benzene rings is 1. The normalized spacial score (nSPS) is 23.4. The molecule has 1 aromatic rings. The molecule has 2 nitrogen and oxygen atoms in total. The molecule has 1 saturated carbocycles. The predicted molar refractivity (Wildman–Crippen MR) is 81.8 cm³/mol. The van der Waals surface area contributed by atoms with Gasteiger partial charge in [-0.05, 0) is 43.3 Å². The first-order chi connectivity index (χ1) is 9.28. The van der Waals surface area contributed by atoms with Crippen molar-refractivity contribution in [3.63, 3.8) is 0 Å². The topological polar surface area (TPSA) is 35.2 Å². The molecule has 1 aliphatic heterocycles. The summed E-state index contributed by atoms with van der Waals surface area (Å²) in [7, 11) is 0. The monoisotopic (exact) mass is 277 g/mol. The molecule has 3 heteroatoms. The maximum atomic E-state index is 6.60. The van der Waals surface area contributed by atoms with E-state index in [9.17, 15) is 0 Å². The molecule has 0 amide bonds. The van der Waals surface area contributed by atoms with Crippen molar-refractivity contribution < 1.29 is 4.74 Å². The minimum absolute atomic E-state index is 0.153. The van der Waals surface area contributed by atoms with Crippen molar-refractivity contribution >= 4 is 11.8 Å². The molecule has 0 aromatic heterocycles. The SMILES string of the molecule is NC1(c2ccccc2OC2CCSCC2)CCCC1. The highest BCUT2D eigenvalue weighted by atomic mass is 32.2. The Morgan fingerprint density at radius 3 is 2.53 bits per heavy atom. The van der Waals surface area contributed by atoms with Crippen molar-refractivity contribution in [1.82, 2.24) is 0 Å². The van der Waals surface area contributed by atoms with Crippen molar-refractivity contribution in [3.05, 3.63) is 29.8 Å². The van der Waals surface area contributed by atoms with E-state index in [1.165, 1.54) is 29.9 Å². The molecule has 2 fully saturated rings. The van der Waals surface area contributed by atoms with Crippen LogP contribution in [-0.4, -0.2) is 17.6 Å². The molecule has 1 saturated heterocycles. The highest BCUT2D eigenvalue weighted by Gasteiger charge is 2.34. The number of nitrogens with two attached hydrogens (primary N) is 1. The van der Waals surface area contributed by atoms with Gasteiger partial charge < -0.3 is 10.5 Å². The molecule has 2 aliphatic rings. The zero-order chi connectivity index (χ0) is 13.1. The molecule has 1 aromatic carbocycles. The van der Waals surface area contributed by atoms with Gasteiger partial charge in [-0.15, -0.1) is 0 Å². The van der Waals surface area contributed by atoms with Crippen LogP contribution in [0.1, 0.15) is 44.1 Å². The molecular weight excluding hydrogens is 254 g/mol. The largest absolute Gasteiger partial charge is 0.490 e. The van der Waals surface area contributed by atoms with Gasteiger partial charge in [-0.2, -0.15) is 11.8 Å². The van der Waals surface area contributed by atoms with E-state index in [1.807, 2.05) is 11.8 Å². The van der Waals surface area contributed by atoms with Gasteiger partial charge in [-0.3, -0.25) is 0 Å². The zero-order valence-corrected chi connectivity index (χ0v) is 12.3. The van der Waals surface area contributed by atoms with Gasteiger partial charge in [0.05, 0.1) is 0 Å². The van der Waals surface area contributed by atoms with Crippen LogP contribution in [0.25, 0.3) is 0 Å². The highest BCUT2D eigenvalue weighted by Crippen LogP contribution is 2.41. The fourth-order valence-electron chi connectivity index (χ4n) is 3.23. The fraction of sp³-hybridized carbons (Fsp3) is 0.625. The Balaban J connectivity index is 1.80. The smallest absolute Gasteiger partial charge is 0.124 e. The van der Waals surface area contributed by atoms with E-state index in [0.717, 1.165) is 31.4 Å². The van der Waals surface area contributed by atoms with Crippen LogP contribution in [0.15, 0.2) is 24.3 Å². The Labute approximate surface area is 120 Å². The van der Waals surface area contributed by atoms with Crippen molar-refractivity contribution in [3.8, 4) is 5.75 Å². The van der Waals surface area contributed by atoms with Gasteiger partial charge in [0, 0.05) is 11.1 Å². The summed E-state index contributed by atoms with van der Waals surface area (Å²) >= 11 is 2.03.